The van der Waals surface area contributed by atoms with Gasteiger partial charge in [-0.2, -0.15) is 0 Å². The lowest BCUT2D eigenvalue weighted by molar-refractivity contribution is -0.127. The van der Waals surface area contributed by atoms with Crippen molar-refractivity contribution in [2.24, 2.45) is 0 Å². The molecule has 0 aromatic carbocycles. The molecule has 0 aliphatic rings. The Balaban J connectivity index is 3.32. The fraction of sp³-hybridized carbons (Fsp3) is 0.800. The fourth-order valence-electron chi connectivity index (χ4n) is 0.349. The third-order valence-corrected chi connectivity index (χ3v) is 0.933. The lowest BCUT2D eigenvalue weighted by Gasteiger charge is -2.12. The molecule has 0 spiro atoms. The van der Waals surface area contributed by atoms with Crippen molar-refractivity contribution in [2.75, 3.05) is 20.8 Å². The fourth-order valence-corrected chi connectivity index (χ4v) is 0.349. The second kappa shape index (κ2) is 3.43. The molecule has 0 atom stereocenters. The topological polar surface area (TPSA) is 32.3 Å². The van der Waals surface area contributed by atoms with Gasteiger partial charge < -0.3 is 10.2 Å². The Labute approximate surface area is 49.7 Å². The van der Waals surface area contributed by atoms with Crippen LogP contribution in [0.15, 0.2) is 0 Å². The third kappa shape index (κ3) is 2.58. The molecule has 0 rings (SSSR count). The summed E-state index contributed by atoms with van der Waals surface area (Å²) >= 11 is 0. The van der Waals surface area contributed by atoms with E-state index in [-0.39, 0.29) is 5.91 Å². The first-order chi connectivity index (χ1) is 3.68. The number of nitrogens with one attached hydrogen (secondary N) is 1. The molecule has 1 N–H and O–H groups in total. The summed E-state index contributed by atoms with van der Waals surface area (Å²) in [5.74, 6) is 0.0827. The molecule has 0 unspecified atom stereocenters. The van der Waals surface area contributed by atoms with E-state index in [0.29, 0.717) is 6.67 Å². The van der Waals surface area contributed by atoms with Crippen LogP contribution < -0.4 is 5.32 Å². The average Bonchev–Trinajstić information content (AvgIpc) is 1.67. The molecule has 0 heterocycles. The molecule has 0 fully saturated rings. The van der Waals surface area contributed by atoms with Crippen LogP contribution in [0.4, 0.5) is 0 Å². The highest BCUT2D eigenvalue weighted by Crippen LogP contribution is 1.76. The summed E-state index contributed by atoms with van der Waals surface area (Å²) in [6.07, 6.45) is 0. The van der Waals surface area contributed by atoms with E-state index in [1.807, 2.05) is 0 Å². The molecular weight excluding hydrogens is 104 g/mol. The van der Waals surface area contributed by atoms with E-state index in [1.54, 1.807) is 19.0 Å². The first-order valence-corrected chi connectivity index (χ1v) is 2.54. The van der Waals surface area contributed by atoms with Crippen molar-refractivity contribution in [3.63, 3.8) is 0 Å². The molecule has 1 amide bonds. The number of hydrogen-bond acceptors (Lipinski definition) is 2. The van der Waals surface area contributed by atoms with E-state index >= 15 is 0 Å². The number of amides is 1. The van der Waals surface area contributed by atoms with Crippen molar-refractivity contribution in [1.82, 2.24) is 10.2 Å². The summed E-state index contributed by atoms with van der Waals surface area (Å²) in [5, 5.41) is 2.85. The molecule has 3 heteroatoms. The zero-order valence-electron chi connectivity index (χ0n) is 5.56. The van der Waals surface area contributed by atoms with Crippen molar-refractivity contribution in [1.29, 1.82) is 0 Å². The molecule has 0 aromatic heterocycles. The van der Waals surface area contributed by atoms with E-state index in [0.717, 1.165) is 0 Å². The highest BCUT2D eigenvalue weighted by molar-refractivity contribution is 5.72. The highest BCUT2D eigenvalue weighted by Gasteiger charge is 1.96. The molecule has 48 valence electrons. The van der Waals surface area contributed by atoms with E-state index in [1.165, 1.54) is 6.92 Å². The van der Waals surface area contributed by atoms with Crippen molar-refractivity contribution >= 4 is 5.91 Å². The number of hydrogen-bond donors (Lipinski definition) is 1. The van der Waals surface area contributed by atoms with Gasteiger partial charge in [0, 0.05) is 14.0 Å². The van der Waals surface area contributed by atoms with Crippen LogP contribution in [-0.4, -0.2) is 31.6 Å². The Morgan fingerprint density at radius 1 is 1.75 bits per heavy atom. The van der Waals surface area contributed by atoms with Gasteiger partial charge in [0.05, 0.1) is 6.67 Å². The second-order valence-corrected chi connectivity index (χ2v) is 1.73. The van der Waals surface area contributed by atoms with Crippen LogP contribution in [0.1, 0.15) is 6.92 Å². The third-order valence-electron chi connectivity index (χ3n) is 0.933. The van der Waals surface area contributed by atoms with Crippen LogP contribution in [0.3, 0.4) is 0 Å². The lowest BCUT2D eigenvalue weighted by atomic mass is 10.6. The molecule has 8 heavy (non-hydrogen) atoms. The van der Waals surface area contributed by atoms with Crippen LogP contribution in [-0.2, 0) is 4.79 Å². The smallest absolute Gasteiger partial charge is 0.220 e. The summed E-state index contributed by atoms with van der Waals surface area (Å²) in [6, 6.07) is 0. The van der Waals surface area contributed by atoms with Gasteiger partial charge in [0.15, 0.2) is 0 Å². The molecule has 0 saturated heterocycles. The van der Waals surface area contributed by atoms with Crippen molar-refractivity contribution in [3.8, 4) is 0 Å². The monoisotopic (exact) mass is 116 g/mol. The minimum atomic E-state index is 0.0827. The number of rotatable bonds is 2. The van der Waals surface area contributed by atoms with E-state index in [9.17, 15) is 4.79 Å². The van der Waals surface area contributed by atoms with Gasteiger partial charge in [-0.25, -0.2) is 0 Å². The number of nitrogens with zero attached hydrogens (tertiary/aromatic N) is 1. The molecule has 0 aromatic rings. The minimum Gasteiger partial charge on any atom is -0.333 e. The number of carbonyl (C=O) groups excluding carboxylic acids is 1. The Hall–Kier alpha value is -0.570. The Morgan fingerprint density at radius 3 is 2.38 bits per heavy atom. The summed E-state index contributed by atoms with van der Waals surface area (Å²) in [5.41, 5.74) is 0. The molecule has 0 bridgehead atoms. The predicted molar refractivity (Wildman–Crippen MR) is 32.4 cm³/mol. The van der Waals surface area contributed by atoms with Gasteiger partial charge >= 0.3 is 0 Å². The van der Waals surface area contributed by atoms with Gasteiger partial charge in [-0.05, 0) is 7.05 Å². The van der Waals surface area contributed by atoms with E-state index in [2.05, 4.69) is 5.32 Å². The Bertz CT molecular complexity index is 82.5. The van der Waals surface area contributed by atoms with Gasteiger partial charge in [0.2, 0.25) is 5.91 Å². The Kier molecular flexibility index (Phi) is 3.19. The van der Waals surface area contributed by atoms with Gasteiger partial charge in [0.1, 0.15) is 0 Å². The lowest BCUT2D eigenvalue weighted by Crippen LogP contribution is -2.32. The maximum atomic E-state index is 10.4. The van der Waals surface area contributed by atoms with Crippen molar-refractivity contribution in [2.45, 2.75) is 6.92 Å². The Morgan fingerprint density at radius 2 is 2.25 bits per heavy atom. The maximum absolute atomic E-state index is 10.4. The highest BCUT2D eigenvalue weighted by atomic mass is 16.2. The molecule has 0 aliphatic heterocycles. The SMILES string of the molecule is CNCN(C)C(C)=O. The van der Waals surface area contributed by atoms with Crippen LogP contribution in [0.2, 0.25) is 0 Å². The van der Waals surface area contributed by atoms with Crippen LogP contribution >= 0.6 is 0 Å². The molecule has 0 aliphatic carbocycles. The summed E-state index contributed by atoms with van der Waals surface area (Å²) < 4.78 is 0. The zero-order valence-corrected chi connectivity index (χ0v) is 5.56. The second-order valence-electron chi connectivity index (χ2n) is 1.73. The van der Waals surface area contributed by atoms with Crippen molar-refractivity contribution in [3.05, 3.63) is 0 Å². The first-order valence-electron chi connectivity index (χ1n) is 2.54. The molecular formula is C5H12N2O. The van der Waals surface area contributed by atoms with E-state index < -0.39 is 0 Å². The summed E-state index contributed by atoms with van der Waals surface area (Å²) in [7, 11) is 3.55. The standard InChI is InChI=1S/C5H12N2O/c1-5(8)7(3)4-6-2/h6H,4H2,1-3H3. The summed E-state index contributed by atoms with van der Waals surface area (Å²) in [6.45, 7) is 2.16. The first kappa shape index (κ1) is 7.43. The average molecular weight is 116 g/mol. The quantitative estimate of drug-likeness (QED) is 0.500. The van der Waals surface area contributed by atoms with Crippen LogP contribution in [0.5, 0.6) is 0 Å². The summed E-state index contributed by atoms with van der Waals surface area (Å²) in [4.78, 5) is 12.0. The maximum Gasteiger partial charge on any atom is 0.220 e. The van der Waals surface area contributed by atoms with Crippen LogP contribution in [0.25, 0.3) is 0 Å². The largest absolute Gasteiger partial charge is 0.333 e. The van der Waals surface area contributed by atoms with E-state index in [4.69, 9.17) is 0 Å². The predicted octanol–water partition coefficient (Wildman–Crippen LogP) is -0.358. The molecule has 0 radical (unpaired) electrons. The normalized spacial score (nSPS) is 8.88. The molecule has 0 saturated carbocycles. The zero-order chi connectivity index (χ0) is 6.57. The van der Waals surface area contributed by atoms with Gasteiger partial charge in [-0.15, -0.1) is 0 Å². The van der Waals surface area contributed by atoms with Crippen molar-refractivity contribution < 1.29 is 4.79 Å². The minimum absolute atomic E-state index is 0.0827. The van der Waals surface area contributed by atoms with Crippen LogP contribution in [0, 0.1) is 0 Å². The number of carbonyl (C=O) groups is 1. The van der Waals surface area contributed by atoms with Gasteiger partial charge in [0.25, 0.3) is 0 Å². The molecule has 3 nitrogen and oxygen atoms in total. The van der Waals surface area contributed by atoms with Gasteiger partial charge in [-0.1, -0.05) is 0 Å². The van der Waals surface area contributed by atoms with Gasteiger partial charge in [-0.3, -0.25) is 4.79 Å².